The second-order valence-electron chi connectivity index (χ2n) is 8.27. The zero-order chi connectivity index (χ0) is 21.8. The van der Waals surface area contributed by atoms with E-state index >= 15 is 0 Å². The maximum absolute atomic E-state index is 13.4. The molecule has 2 aromatic rings. The molecule has 2 amide bonds. The van der Waals surface area contributed by atoms with Gasteiger partial charge in [0.25, 0.3) is 0 Å². The molecular weight excluding hydrogens is 392 g/mol. The molecule has 0 aromatic heterocycles. The number of hydrogen-bond acceptors (Lipinski definition) is 4. The molecule has 6 nitrogen and oxygen atoms in total. The molecule has 1 N–H and O–H groups in total. The molecule has 0 unspecified atom stereocenters. The topological polar surface area (TPSA) is 67.9 Å². The van der Waals surface area contributed by atoms with Gasteiger partial charge >= 0.3 is 0 Å². The van der Waals surface area contributed by atoms with Crippen LogP contribution in [0.2, 0.25) is 0 Å². The second kappa shape index (κ2) is 9.41. The standard InChI is InChI=1S/C25H30N2O4/c1-30-22-12-11-17(15-23(22)31-2)16-26-24(28)19-8-4-5-9-20(19)25(29)27-14-13-18-7-3-6-10-21(18)27/h3,6-7,10-12,15,19-20H,4-5,8-9,13-14,16H2,1-2H3,(H,26,28)/t19-,20-/m1/s1. The molecule has 1 aliphatic carbocycles. The van der Waals surface area contributed by atoms with Crippen molar-refractivity contribution in [3.05, 3.63) is 53.6 Å². The lowest BCUT2D eigenvalue weighted by Crippen LogP contribution is -2.45. The second-order valence-corrected chi connectivity index (χ2v) is 8.27. The fraction of sp³-hybridized carbons (Fsp3) is 0.440. The van der Waals surface area contributed by atoms with Crippen molar-refractivity contribution in [2.24, 2.45) is 11.8 Å². The third-order valence-corrected chi connectivity index (χ3v) is 6.49. The minimum absolute atomic E-state index is 0.0414. The molecule has 2 aromatic carbocycles. The van der Waals surface area contributed by atoms with Crippen LogP contribution >= 0.6 is 0 Å². The lowest BCUT2D eigenvalue weighted by molar-refractivity contribution is -0.135. The Morgan fingerprint density at radius 2 is 1.74 bits per heavy atom. The van der Waals surface area contributed by atoms with E-state index in [4.69, 9.17) is 9.47 Å². The Bertz CT molecular complexity index is 958. The van der Waals surface area contributed by atoms with Gasteiger partial charge in [0.05, 0.1) is 20.1 Å². The molecule has 31 heavy (non-hydrogen) atoms. The van der Waals surface area contributed by atoms with Gasteiger partial charge in [-0.25, -0.2) is 0 Å². The quantitative estimate of drug-likeness (QED) is 0.771. The van der Waals surface area contributed by atoms with E-state index in [1.165, 1.54) is 5.56 Å². The monoisotopic (exact) mass is 422 g/mol. The zero-order valence-electron chi connectivity index (χ0n) is 18.2. The number of nitrogens with one attached hydrogen (secondary N) is 1. The van der Waals surface area contributed by atoms with E-state index in [1.807, 2.05) is 41.3 Å². The van der Waals surface area contributed by atoms with Crippen molar-refractivity contribution in [1.82, 2.24) is 5.32 Å². The van der Waals surface area contributed by atoms with Gasteiger partial charge in [0.1, 0.15) is 0 Å². The highest BCUT2D eigenvalue weighted by Crippen LogP contribution is 2.36. The minimum Gasteiger partial charge on any atom is -0.493 e. The molecule has 164 valence electrons. The van der Waals surface area contributed by atoms with Crippen molar-refractivity contribution in [3.63, 3.8) is 0 Å². The van der Waals surface area contributed by atoms with E-state index in [-0.39, 0.29) is 23.7 Å². The van der Waals surface area contributed by atoms with E-state index in [0.29, 0.717) is 24.6 Å². The molecule has 1 fully saturated rings. The van der Waals surface area contributed by atoms with Crippen molar-refractivity contribution in [1.29, 1.82) is 0 Å². The van der Waals surface area contributed by atoms with Crippen LogP contribution < -0.4 is 19.7 Å². The first-order valence-corrected chi connectivity index (χ1v) is 11.0. The Morgan fingerprint density at radius 3 is 2.52 bits per heavy atom. The van der Waals surface area contributed by atoms with Crippen LogP contribution in [-0.2, 0) is 22.6 Å². The summed E-state index contributed by atoms with van der Waals surface area (Å²) in [4.78, 5) is 28.4. The summed E-state index contributed by atoms with van der Waals surface area (Å²) in [6.07, 6.45) is 4.38. The number of amides is 2. The first kappa shape index (κ1) is 21.2. The summed E-state index contributed by atoms with van der Waals surface area (Å²) >= 11 is 0. The Morgan fingerprint density at radius 1 is 1.00 bits per heavy atom. The van der Waals surface area contributed by atoms with Crippen LogP contribution in [0, 0.1) is 11.8 Å². The lowest BCUT2D eigenvalue weighted by Gasteiger charge is -2.32. The summed E-state index contributed by atoms with van der Waals surface area (Å²) in [6.45, 7) is 1.10. The van der Waals surface area contributed by atoms with Gasteiger partial charge in [-0.2, -0.15) is 0 Å². The van der Waals surface area contributed by atoms with Gasteiger partial charge in [-0.3, -0.25) is 9.59 Å². The van der Waals surface area contributed by atoms with Crippen molar-refractivity contribution in [3.8, 4) is 11.5 Å². The average molecular weight is 423 g/mol. The molecule has 1 saturated carbocycles. The molecule has 0 radical (unpaired) electrons. The van der Waals surface area contributed by atoms with Crippen LogP contribution in [-0.4, -0.2) is 32.6 Å². The number of hydrogen-bond donors (Lipinski definition) is 1. The smallest absolute Gasteiger partial charge is 0.230 e. The van der Waals surface area contributed by atoms with E-state index in [0.717, 1.165) is 43.4 Å². The van der Waals surface area contributed by atoms with Crippen molar-refractivity contribution in [2.45, 2.75) is 38.6 Å². The maximum atomic E-state index is 13.4. The highest BCUT2D eigenvalue weighted by atomic mass is 16.5. The van der Waals surface area contributed by atoms with E-state index < -0.39 is 0 Å². The fourth-order valence-electron chi connectivity index (χ4n) is 4.82. The third kappa shape index (κ3) is 4.38. The molecule has 1 aliphatic heterocycles. The highest BCUT2D eigenvalue weighted by Gasteiger charge is 2.39. The predicted molar refractivity (Wildman–Crippen MR) is 119 cm³/mol. The summed E-state index contributed by atoms with van der Waals surface area (Å²) in [5, 5.41) is 3.05. The Kier molecular flexibility index (Phi) is 6.44. The van der Waals surface area contributed by atoms with Crippen LogP contribution in [0.15, 0.2) is 42.5 Å². The van der Waals surface area contributed by atoms with Crippen LogP contribution in [0.3, 0.4) is 0 Å². The first-order valence-electron chi connectivity index (χ1n) is 11.0. The number of carbonyl (C=O) groups excluding carboxylic acids is 2. The molecule has 1 heterocycles. The number of benzene rings is 2. The van der Waals surface area contributed by atoms with Crippen LogP contribution in [0.25, 0.3) is 0 Å². The molecule has 2 aliphatic rings. The number of ether oxygens (including phenoxy) is 2. The van der Waals surface area contributed by atoms with Crippen molar-refractivity contribution < 1.29 is 19.1 Å². The lowest BCUT2D eigenvalue weighted by atomic mass is 9.77. The predicted octanol–water partition coefficient (Wildman–Crippen LogP) is 3.72. The van der Waals surface area contributed by atoms with E-state index in [9.17, 15) is 9.59 Å². The van der Waals surface area contributed by atoms with E-state index in [2.05, 4.69) is 11.4 Å². The van der Waals surface area contributed by atoms with Crippen LogP contribution in [0.1, 0.15) is 36.8 Å². The summed E-state index contributed by atoms with van der Waals surface area (Å²) in [5.74, 6) is 0.796. The average Bonchev–Trinajstić information content (AvgIpc) is 3.26. The highest BCUT2D eigenvalue weighted by molar-refractivity contribution is 5.99. The maximum Gasteiger partial charge on any atom is 0.230 e. The van der Waals surface area contributed by atoms with Crippen molar-refractivity contribution >= 4 is 17.5 Å². The zero-order valence-corrected chi connectivity index (χ0v) is 18.2. The summed E-state index contributed by atoms with van der Waals surface area (Å²) in [5.41, 5.74) is 3.14. The number of anilines is 1. The fourth-order valence-corrected chi connectivity index (χ4v) is 4.82. The number of fused-ring (bicyclic) bond motifs is 1. The van der Waals surface area contributed by atoms with Gasteiger partial charge in [0.15, 0.2) is 11.5 Å². The van der Waals surface area contributed by atoms with Gasteiger partial charge in [-0.1, -0.05) is 37.1 Å². The normalized spacial score (nSPS) is 20.1. The van der Waals surface area contributed by atoms with Gasteiger partial charge in [-0.15, -0.1) is 0 Å². The summed E-state index contributed by atoms with van der Waals surface area (Å²) < 4.78 is 10.6. The Labute approximate surface area is 183 Å². The molecule has 0 spiro atoms. The Hall–Kier alpha value is -3.02. The van der Waals surface area contributed by atoms with Gasteiger partial charge in [-0.05, 0) is 48.6 Å². The summed E-state index contributed by atoms with van der Waals surface area (Å²) in [7, 11) is 3.19. The molecular formula is C25H30N2O4. The molecule has 0 saturated heterocycles. The number of carbonyl (C=O) groups is 2. The van der Waals surface area contributed by atoms with Crippen LogP contribution in [0.5, 0.6) is 11.5 Å². The van der Waals surface area contributed by atoms with E-state index in [1.54, 1.807) is 14.2 Å². The summed E-state index contributed by atoms with van der Waals surface area (Å²) in [6, 6.07) is 13.7. The SMILES string of the molecule is COc1ccc(CNC(=O)[C@@H]2CCCC[C@H]2C(=O)N2CCc3ccccc32)cc1OC. The largest absolute Gasteiger partial charge is 0.493 e. The molecule has 4 rings (SSSR count). The molecule has 6 heteroatoms. The van der Waals surface area contributed by atoms with Gasteiger partial charge in [0.2, 0.25) is 11.8 Å². The Balaban J connectivity index is 1.44. The minimum atomic E-state index is -0.283. The number of para-hydroxylation sites is 1. The third-order valence-electron chi connectivity index (χ3n) is 6.49. The van der Waals surface area contributed by atoms with Gasteiger partial charge < -0.3 is 19.7 Å². The first-order chi connectivity index (χ1) is 15.1. The number of nitrogens with zero attached hydrogens (tertiary/aromatic N) is 1. The van der Waals surface area contributed by atoms with Crippen molar-refractivity contribution in [2.75, 3.05) is 25.7 Å². The number of rotatable bonds is 6. The molecule has 2 atom stereocenters. The molecule has 0 bridgehead atoms. The van der Waals surface area contributed by atoms with Crippen LogP contribution in [0.4, 0.5) is 5.69 Å². The number of methoxy groups -OCH3 is 2. The van der Waals surface area contributed by atoms with Gasteiger partial charge in [0, 0.05) is 24.7 Å².